The molecule has 1 atom stereocenters. The lowest BCUT2D eigenvalue weighted by Crippen LogP contribution is -2.44. The van der Waals surface area contributed by atoms with Gasteiger partial charge in [-0.1, -0.05) is 36.0 Å². The first-order valence-electron chi connectivity index (χ1n) is 10.8. The largest absolute Gasteiger partial charge is 0.397 e. The van der Waals surface area contributed by atoms with E-state index in [-0.39, 0.29) is 11.5 Å². The molecule has 1 saturated heterocycles. The lowest BCUT2D eigenvalue weighted by Gasteiger charge is -2.42. The topological polar surface area (TPSA) is 123 Å². The van der Waals surface area contributed by atoms with E-state index in [2.05, 4.69) is 49.1 Å². The van der Waals surface area contributed by atoms with Gasteiger partial charge in [0.25, 0.3) is 0 Å². The minimum absolute atomic E-state index is 0.111. The summed E-state index contributed by atoms with van der Waals surface area (Å²) in [6.45, 7) is 1.83. The SMILES string of the molecule is Nc1cnccc1Sc1cnc2[nH]c(N3CCC4(CC3)Cc3ccccc3[C@H]4N)nc2n1. The summed E-state index contributed by atoms with van der Waals surface area (Å²) >= 11 is 1.46. The van der Waals surface area contributed by atoms with Gasteiger partial charge in [0.1, 0.15) is 5.03 Å². The molecule has 1 aliphatic carbocycles. The van der Waals surface area contributed by atoms with Gasteiger partial charge in [0.05, 0.1) is 18.1 Å². The number of nitrogen functional groups attached to an aromatic ring is 1. The molecule has 1 spiro atoms. The van der Waals surface area contributed by atoms with Gasteiger partial charge in [-0.25, -0.2) is 9.97 Å². The molecule has 162 valence electrons. The van der Waals surface area contributed by atoms with E-state index in [9.17, 15) is 0 Å². The summed E-state index contributed by atoms with van der Waals surface area (Å²) in [5.74, 6) is 0.824. The Hall–Kier alpha value is -3.17. The third-order valence-corrected chi connectivity index (χ3v) is 7.85. The fourth-order valence-corrected chi connectivity index (χ4v) is 5.79. The Morgan fingerprint density at radius 2 is 1.94 bits per heavy atom. The Morgan fingerprint density at radius 3 is 2.75 bits per heavy atom. The van der Waals surface area contributed by atoms with E-state index in [0.717, 1.165) is 48.2 Å². The first-order valence-corrected chi connectivity index (χ1v) is 11.6. The highest BCUT2D eigenvalue weighted by Crippen LogP contribution is 2.50. The zero-order chi connectivity index (χ0) is 21.7. The van der Waals surface area contributed by atoms with Crippen LogP contribution in [0.2, 0.25) is 0 Å². The third-order valence-electron chi connectivity index (χ3n) is 6.85. The summed E-state index contributed by atoms with van der Waals surface area (Å²) in [4.78, 5) is 24.5. The number of nitrogens with zero attached hydrogens (tertiary/aromatic N) is 5. The van der Waals surface area contributed by atoms with Gasteiger partial charge in [-0.3, -0.25) is 4.98 Å². The fraction of sp³-hybridized carbons (Fsp3) is 0.304. The van der Waals surface area contributed by atoms with Crippen molar-refractivity contribution in [2.75, 3.05) is 23.7 Å². The molecule has 5 N–H and O–H groups in total. The molecule has 1 aliphatic heterocycles. The molecule has 0 radical (unpaired) electrons. The molecule has 4 heterocycles. The standard InChI is InChI=1S/C23H24N8S/c24-16-12-26-8-5-17(16)32-18-13-27-20-21(28-18)30-22(29-20)31-9-6-23(7-10-31)11-14-3-1-2-4-15(14)19(23)25/h1-5,8,12-13,19H,6-7,9-11,24-25H2,(H,27,28,29,30)/t19-/m1/s1. The number of nitrogens with two attached hydrogens (primary N) is 2. The number of benzene rings is 1. The van der Waals surface area contributed by atoms with Crippen LogP contribution in [-0.2, 0) is 6.42 Å². The molecule has 4 aromatic rings. The van der Waals surface area contributed by atoms with Crippen molar-refractivity contribution >= 4 is 34.7 Å². The second kappa shape index (κ2) is 7.46. The molecule has 0 amide bonds. The smallest absolute Gasteiger partial charge is 0.206 e. The van der Waals surface area contributed by atoms with Crippen molar-refractivity contribution in [1.82, 2.24) is 24.9 Å². The number of hydrogen-bond donors (Lipinski definition) is 3. The molecule has 8 nitrogen and oxygen atoms in total. The van der Waals surface area contributed by atoms with Crippen LogP contribution in [0.25, 0.3) is 11.3 Å². The second-order valence-corrected chi connectivity index (χ2v) is 9.72. The second-order valence-electron chi connectivity index (χ2n) is 8.66. The number of aromatic nitrogens is 5. The van der Waals surface area contributed by atoms with Crippen LogP contribution in [0.15, 0.2) is 58.8 Å². The van der Waals surface area contributed by atoms with E-state index >= 15 is 0 Å². The summed E-state index contributed by atoms with van der Waals surface area (Å²) in [6.07, 6.45) is 8.26. The summed E-state index contributed by atoms with van der Waals surface area (Å²) < 4.78 is 0. The number of imidazole rings is 1. The lowest BCUT2D eigenvalue weighted by atomic mass is 9.73. The highest BCUT2D eigenvalue weighted by Gasteiger charge is 2.46. The maximum absolute atomic E-state index is 6.71. The number of anilines is 2. The van der Waals surface area contributed by atoms with E-state index in [4.69, 9.17) is 16.5 Å². The Kier molecular flexibility index (Phi) is 4.55. The average Bonchev–Trinajstić information content (AvgIpc) is 3.35. The minimum Gasteiger partial charge on any atom is -0.397 e. The van der Waals surface area contributed by atoms with Gasteiger partial charge in [-0.15, -0.1) is 0 Å². The number of nitrogens with one attached hydrogen (secondary N) is 1. The monoisotopic (exact) mass is 444 g/mol. The van der Waals surface area contributed by atoms with Crippen molar-refractivity contribution in [2.45, 2.75) is 35.2 Å². The molecule has 1 aromatic carbocycles. The first-order chi connectivity index (χ1) is 15.6. The molecule has 32 heavy (non-hydrogen) atoms. The van der Waals surface area contributed by atoms with Crippen LogP contribution < -0.4 is 16.4 Å². The zero-order valence-electron chi connectivity index (χ0n) is 17.5. The Bertz CT molecular complexity index is 1290. The molecular weight excluding hydrogens is 420 g/mol. The molecule has 3 aromatic heterocycles. The highest BCUT2D eigenvalue weighted by molar-refractivity contribution is 7.99. The average molecular weight is 445 g/mol. The van der Waals surface area contributed by atoms with Crippen molar-refractivity contribution in [3.63, 3.8) is 0 Å². The van der Waals surface area contributed by atoms with E-state index in [1.165, 1.54) is 22.9 Å². The first kappa shape index (κ1) is 19.5. The van der Waals surface area contributed by atoms with Crippen LogP contribution in [0.5, 0.6) is 0 Å². The molecule has 9 heteroatoms. The number of hydrogen-bond acceptors (Lipinski definition) is 8. The molecule has 0 unspecified atom stereocenters. The maximum atomic E-state index is 6.71. The van der Waals surface area contributed by atoms with Gasteiger partial charge >= 0.3 is 0 Å². The molecule has 2 aliphatic rings. The van der Waals surface area contributed by atoms with E-state index in [0.29, 0.717) is 17.0 Å². The normalized spacial score (nSPS) is 19.5. The zero-order valence-corrected chi connectivity index (χ0v) is 18.3. The van der Waals surface area contributed by atoms with Crippen molar-refractivity contribution < 1.29 is 0 Å². The van der Waals surface area contributed by atoms with Crippen LogP contribution in [-0.4, -0.2) is 38.0 Å². The van der Waals surface area contributed by atoms with Gasteiger partial charge in [-0.2, -0.15) is 4.98 Å². The highest BCUT2D eigenvalue weighted by atomic mass is 32.2. The van der Waals surface area contributed by atoms with Crippen molar-refractivity contribution in [2.24, 2.45) is 11.1 Å². The molecule has 6 rings (SSSR count). The molecule has 0 bridgehead atoms. The molecular formula is C23H24N8S. The number of piperidine rings is 1. The summed E-state index contributed by atoms with van der Waals surface area (Å²) in [7, 11) is 0. The van der Waals surface area contributed by atoms with Crippen LogP contribution >= 0.6 is 11.8 Å². The number of rotatable bonds is 3. The molecule has 0 saturated carbocycles. The summed E-state index contributed by atoms with van der Waals surface area (Å²) in [5, 5.41) is 0.751. The minimum atomic E-state index is 0.111. The van der Waals surface area contributed by atoms with Gasteiger partial charge < -0.3 is 21.4 Å². The van der Waals surface area contributed by atoms with Crippen LogP contribution in [0.3, 0.4) is 0 Å². The van der Waals surface area contributed by atoms with E-state index in [1.54, 1.807) is 18.6 Å². The van der Waals surface area contributed by atoms with Crippen molar-refractivity contribution in [3.05, 3.63) is 60.0 Å². The maximum Gasteiger partial charge on any atom is 0.206 e. The molecule has 1 fully saturated rings. The van der Waals surface area contributed by atoms with Crippen LogP contribution in [0, 0.1) is 5.41 Å². The number of aromatic amines is 1. The van der Waals surface area contributed by atoms with Crippen molar-refractivity contribution in [1.29, 1.82) is 0 Å². The Morgan fingerprint density at radius 1 is 1.09 bits per heavy atom. The Labute approximate surface area is 189 Å². The van der Waals surface area contributed by atoms with Crippen LogP contribution in [0.4, 0.5) is 11.6 Å². The predicted molar refractivity (Wildman–Crippen MR) is 125 cm³/mol. The lowest BCUT2D eigenvalue weighted by molar-refractivity contribution is 0.187. The van der Waals surface area contributed by atoms with Gasteiger partial charge in [-0.05, 0) is 41.9 Å². The number of fused-ring (bicyclic) bond motifs is 2. The quantitative estimate of drug-likeness (QED) is 0.440. The number of H-pyrrole nitrogens is 1. The Balaban J connectivity index is 1.19. The van der Waals surface area contributed by atoms with E-state index in [1.807, 2.05) is 6.07 Å². The van der Waals surface area contributed by atoms with Crippen molar-refractivity contribution in [3.8, 4) is 0 Å². The van der Waals surface area contributed by atoms with Gasteiger partial charge in [0, 0.05) is 30.2 Å². The number of pyridine rings is 1. The summed E-state index contributed by atoms with van der Waals surface area (Å²) in [6, 6.07) is 10.6. The van der Waals surface area contributed by atoms with Crippen LogP contribution in [0.1, 0.15) is 30.0 Å². The predicted octanol–water partition coefficient (Wildman–Crippen LogP) is 3.32. The van der Waals surface area contributed by atoms with Gasteiger partial charge in [0.2, 0.25) is 5.95 Å². The summed E-state index contributed by atoms with van der Waals surface area (Å²) in [5.41, 5.74) is 17.5. The third kappa shape index (κ3) is 3.20. The fourth-order valence-electron chi connectivity index (χ4n) is 5.03. The van der Waals surface area contributed by atoms with E-state index < -0.39 is 0 Å². The van der Waals surface area contributed by atoms with Gasteiger partial charge in [0.15, 0.2) is 11.3 Å².